The van der Waals surface area contributed by atoms with Gasteiger partial charge in [-0.25, -0.2) is 0 Å². The van der Waals surface area contributed by atoms with Gasteiger partial charge in [-0.2, -0.15) is 5.10 Å². The lowest BCUT2D eigenvalue weighted by Crippen LogP contribution is -2.32. The maximum Gasteiger partial charge on any atom is 0.381 e. The molecule has 0 amide bonds. The smallest absolute Gasteiger partial charge is 0.381 e. The van der Waals surface area contributed by atoms with E-state index in [0.29, 0.717) is 23.0 Å². The van der Waals surface area contributed by atoms with Gasteiger partial charge < -0.3 is 19.1 Å². The number of methoxy groups -OCH3 is 1. The molecule has 0 radical (unpaired) electrons. The molecule has 0 bridgehead atoms. The lowest BCUT2D eigenvalue weighted by atomic mass is 10.2. The van der Waals surface area contributed by atoms with E-state index >= 15 is 0 Å². The third-order valence-electron chi connectivity index (χ3n) is 2.81. The van der Waals surface area contributed by atoms with Crippen LogP contribution in [0.2, 0.25) is 0 Å². The summed E-state index contributed by atoms with van der Waals surface area (Å²) >= 11 is 5.09. The zero-order valence-electron chi connectivity index (χ0n) is 14.4. The molecule has 0 atom stereocenters. The van der Waals surface area contributed by atoms with Crippen molar-refractivity contribution in [1.29, 1.82) is 0 Å². The van der Waals surface area contributed by atoms with E-state index in [1.54, 1.807) is 45.2 Å². The van der Waals surface area contributed by atoms with Gasteiger partial charge in [0.05, 0.1) is 20.3 Å². The molecule has 0 aliphatic rings. The molecule has 1 rings (SSSR count). The number of hydrazone groups is 1. The molecular weight excluding hydrogens is 349 g/mol. The zero-order valence-corrected chi connectivity index (χ0v) is 16.1. The fraction of sp³-hybridized carbons (Fsp3) is 0.467. The normalized spacial score (nSPS) is 11.9. The van der Waals surface area contributed by atoms with E-state index < -0.39 is 7.60 Å². The number of benzene rings is 1. The first-order valence-corrected chi connectivity index (χ1v) is 9.61. The van der Waals surface area contributed by atoms with Crippen LogP contribution < -0.4 is 15.5 Å². The van der Waals surface area contributed by atoms with Crippen LogP contribution in [0.15, 0.2) is 29.4 Å². The molecule has 0 aliphatic carbocycles. The first-order valence-electron chi connectivity index (χ1n) is 7.66. The standard InChI is InChI=1S/C15H24N3O4PS/c1-5-16-15(24)18-17-14(23(19,21-6-2)22-7-3)12-8-10-13(20-4)11-9-12/h8-11H,5-7H2,1-4H3,(H2,16,18,24)/b17-14-. The third kappa shape index (κ3) is 5.87. The SMILES string of the molecule is CCNC(=S)N/N=C(/c1ccc(OC)cc1)P(=O)(OCC)OCC. The number of rotatable bonds is 9. The van der Waals surface area contributed by atoms with Crippen molar-refractivity contribution in [2.45, 2.75) is 20.8 Å². The Morgan fingerprint density at radius 1 is 1.17 bits per heavy atom. The maximum absolute atomic E-state index is 13.1. The van der Waals surface area contributed by atoms with Gasteiger partial charge in [0.1, 0.15) is 5.75 Å². The number of nitrogens with one attached hydrogen (secondary N) is 2. The highest BCUT2D eigenvalue weighted by Gasteiger charge is 2.33. The van der Waals surface area contributed by atoms with Gasteiger partial charge in [-0.15, -0.1) is 0 Å². The van der Waals surface area contributed by atoms with Crippen LogP contribution in [-0.2, 0) is 13.6 Å². The maximum atomic E-state index is 13.1. The van der Waals surface area contributed by atoms with Crippen molar-refractivity contribution >= 4 is 30.4 Å². The Balaban J connectivity index is 3.25. The van der Waals surface area contributed by atoms with Crippen molar-refractivity contribution in [2.75, 3.05) is 26.9 Å². The quantitative estimate of drug-likeness (QED) is 0.298. The Morgan fingerprint density at radius 2 is 1.75 bits per heavy atom. The van der Waals surface area contributed by atoms with E-state index in [-0.39, 0.29) is 18.7 Å². The summed E-state index contributed by atoms with van der Waals surface area (Å²) in [6, 6.07) is 6.96. The van der Waals surface area contributed by atoms with E-state index in [2.05, 4.69) is 15.8 Å². The summed E-state index contributed by atoms with van der Waals surface area (Å²) in [4.78, 5) is 0. The molecule has 134 valence electrons. The van der Waals surface area contributed by atoms with Crippen molar-refractivity contribution in [3.05, 3.63) is 29.8 Å². The minimum absolute atomic E-state index is 0.161. The topological polar surface area (TPSA) is 81.2 Å². The second-order valence-electron chi connectivity index (χ2n) is 4.47. The van der Waals surface area contributed by atoms with Gasteiger partial charge in [0.25, 0.3) is 0 Å². The van der Waals surface area contributed by atoms with E-state index in [0.717, 1.165) is 0 Å². The molecule has 0 saturated heterocycles. The van der Waals surface area contributed by atoms with E-state index in [1.807, 2.05) is 6.92 Å². The van der Waals surface area contributed by atoms with Crippen LogP contribution in [0.25, 0.3) is 0 Å². The lowest BCUT2D eigenvalue weighted by molar-refractivity contribution is 0.232. The van der Waals surface area contributed by atoms with E-state index in [1.165, 1.54) is 0 Å². The van der Waals surface area contributed by atoms with Crippen LogP contribution in [0, 0.1) is 0 Å². The monoisotopic (exact) mass is 373 g/mol. The minimum Gasteiger partial charge on any atom is -0.497 e. The predicted octanol–water partition coefficient (Wildman–Crippen LogP) is 3.11. The highest BCUT2D eigenvalue weighted by atomic mass is 32.1. The number of ether oxygens (including phenoxy) is 1. The Labute approximate surface area is 148 Å². The molecule has 0 aliphatic heterocycles. The van der Waals surface area contributed by atoms with Crippen molar-refractivity contribution < 1.29 is 18.3 Å². The van der Waals surface area contributed by atoms with Gasteiger partial charge in [0.15, 0.2) is 10.6 Å². The van der Waals surface area contributed by atoms with Gasteiger partial charge in [0.2, 0.25) is 0 Å². The molecule has 2 N–H and O–H groups in total. The first kappa shape index (κ1) is 20.6. The third-order valence-corrected chi connectivity index (χ3v) is 5.12. The summed E-state index contributed by atoms with van der Waals surface area (Å²) in [6.45, 7) is 6.50. The molecule has 0 heterocycles. The molecule has 0 aromatic heterocycles. The zero-order chi connectivity index (χ0) is 18.0. The summed E-state index contributed by atoms with van der Waals surface area (Å²) in [5.74, 6) is 0.678. The molecule has 9 heteroatoms. The molecule has 0 fully saturated rings. The highest BCUT2D eigenvalue weighted by molar-refractivity contribution is 7.80. The average Bonchev–Trinajstić information content (AvgIpc) is 2.56. The average molecular weight is 373 g/mol. The molecule has 1 aromatic carbocycles. The molecular formula is C15H24N3O4PS. The van der Waals surface area contributed by atoms with Crippen LogP contribution >= 0.6 is 19.8 Å². The predicted molar refractivity (Wildman–Crippen MR) is 99.8 cm³/mol. The first-order chi connectivity index (χ1) is 11.5. The minimum atomic E-state index is -3.59. The Morgan fingerprint density at radius 3 is 2.21 bits per heavy atom. The van der Waals surface area contributed by atoms with Gasteiger partial charge in [-0.05, 0) is 57.3 Å². The van der Waals surface area contributed by atoms with Gasteiger partial charge in [-0.3, -0.25) is 9.99 Å². The number of thiocarbonyl (C=S) groups is 1. The Kier molecular flexibility index (Phi) is 8.92. The molecule has 0 spiro atoms. The largest absolute Gasteiger partial charge is 0.497 e. The molecule has 0 saturated carbocycles. The Bertz CT molecular complexity index is 597. The lowest BCUT2D eigenvalue weighted by Gasteiger charge is -2.19. The fourth-order valence-electron chi connectivity index (χ4n) is 1.83. The van der Waals surface area contributed by atoms with Crippen molar-refractivity contribution in [3.8, 4) is 5.75 Å². The van der Waals surface area contributed by atoms with Crippen molar-refractivity contribution in [1.82, 2.24) is 10.7 Å². The van der Waals surface area contributed by atoms with Crippen LogP contribution in [0.3, 0.4) is 0 Å². The molecule has 1 aromatic rings. The summed E-state index contributed by atoms with van der Waals surface area (Å²) in [5.41, 5.74) is 3.43. The van der Waals surface area contributed by atoms with E-state index in [4.69, 9.17) is 26.0 Å². The summed E-state index contributed by atoms with van der Waals surface area (Å²) in [5, 5.41) is 7.42. The van der Waals surface area contributed by atoms with Gasteiger partial charge >= 0.3 is 7.60 Å². The molecule has 0 unspecified atom stereocenters. The summed E-state index contributed by atoms with van der Waals surface area (Å²) in [6.07, 6.45) is 0. The summed E-state index contributed by atoms with van der Waals surface area (Å²) in [7, 11) is -2.02. The number of hydrogen-bond donors (Lipinski definition) is 2. The summed E-state index contributed by atoms with van der Waals surface area (Å²) < 4.78 is 29.1. The van der Waals surface area contributed by atoms with Crippen LogP contribution in [0.4, 0.5) is 0 Å². The number of nitrogens with zero attached hydrogens (tertiary/aromatic N) is 1. The van der Waals surface area contributed by atoms with Crippen molar-refractivity contribution in [3.63, 3.8) is 0 Å². The van der Waals surface area contributed by atoms with Crippen LogP contribution in [0.1, 0.15) is 26.3 Å². The molecule has 24 heavy (non-hydrogen) atoms. The van der Waals surface area contributed by atoms with Gasteiger partial charge in [-0.1, -0.05) is 0 Å². The molecule has 7 nitrogen and oxygen atoms in total. The second kappa shape index (κ2) is 10.4. The van der Waals surface area contributed by atoms with Crippen molar-refractivity contribution in [2.24, 2.45) is 5.10 Å². The van der Waals surface area contributed by atoms with Crippen LogP contribution in [0.5, 0.6) is 5.75 Å². The Hall–Kier alpha value is -1.47. The highest BCUT2D eigenvalue weighted by Crippen LogP contribution is 2.51. The number of hydrogen-bond acceptors (Lipinski definition) is 6. The van der Waals surface area contributed by atoms with Gasteiger partial charge in [0, 0.05) is 12.1 Å². The van der Waals surface area contributed by atoms with E-state index in [9.17, 15) is 4.57 Å². The second-order valence-corrected chi connectivity index (χ2v) is 6.81. The van der Waals surface area contributed by atoms with Crippen LogP contribution in [-0.4, -0.2) is 37.4 Å². The fourth-order valence-corrected chi connectivity index (χ4v) is 3.65.